The smallest absolute Gasteiger partial charge is 0.341 e. The Morgan fingerprint density at radius 1 is 1.24 bits per heavy atom. The van der Waals surface area contributed by atoms with Crippen molar-refractivity contribution < 1.29 is 23.8 Å². The van der Waals surface area contributed by atoms with Gasteiger partial charge in [-0.3, -0.25) is 4.79 Å². The molecule has 25 heavy (non-hydrogen) atoms. The van der Waals surface area contributed by atoms with Crippen LogP contribution in [0, 0.1) is 0 Å². The van der Waals surface area contributed by atoms with Crippen molar-refractivity contribution in [2.75, 3.05) is 19.5 Å². The number of nitrogens with one attached hydrogen (secondary N) is 1. The van der Waals surface area contributed by atoms with Gasteiger partial charge in [0.2, 0.25) is 0 Å². The molecular formula is C19H29NO5. The molecule has 0 fully saturated rings. The maximum Gasteiger partial charge on any atom is 0.341 e. The van der Waals surface area contributed by atoms with Crippen LogP contribution in [-0.4, -0.2) is 37.8 Å². The number of unbranched alkanes of at least 4 members (excludes halogenated alkanes) is 1. The molecule has 0 saturated heterocycles. The van der Waals surface area contributed by atoms with E-state index in [1.165, 1.54) is 14.2 Å². The standard InChI is InChI=1S/C19H29NO5/c1-7-8-11-19(4,24-6)18(22)20-14-9-10-16(25-13(2)3)15(12-14)17(21)23-5/h9-10,12-13H,7-8,11H2,1-6H3,(H,20,22). The van der Waals surface area contributed by atoms with Crippen LogP contribution in [0.15, 0.2) is 18.2 Å². The van der Waals surface area contributed by atoms with Gasteiger partial charge in [0.1, 0.15) is 16.9 Å². The van der Waals surface area contributed by atoms with E-state index in [1.54, 1.807) is 25.1 Å². The van der Waals surface area contributed by atoms with Crippen LogP contribution in [0.1, 0.15) is 57.3 Å². The second kappa shape index (κ2) is 9.42. The van der Waals surface area contributed by atoms with Gasteiger partial charge in [0.25, 0.3) is 5.91 Å². The summed E-state index contributed by atoms with van der Waals surface area (Å²) >= 11 is 0. The van der Waals surface area contributed by atoms with E-state index in [4.69, 9.17) is 14.2 Å². The zero-order valence-electron chi connectivity index (χ0n) is 16.0. The molecule has 0 saturated carbocycles. The molecule has 0 radical (unpaired) electrons. The van der Waals surface area contributed by atoms with Crippen molar-refractivity contribution in [3.05, 3.63) is 23.8 Å². The predicted octanol–water partition coefficient (Wildman–Crippen LogP) is 3.79. The Labute approximate surface area is 149 Å². The first-order chi connectivity index (χ1) is 11.8. The first kappa shape index (κ1) is 21.0. The Morgan fingerprint density at radius 3 is 2.44 bits per heavy atom. The van der Waals surface area contributed by atoms with Crippen LogP contribution < -0.4 is 10.1 Å². The van der Waals surface area contributed by atoms with Crippen molar-refractivity contribution in [2.45, 2.75) is 58.7 Å². The lowest BCUT2D eigenvalue weighted by molar-refractivity contribution is -0.136. The quantitative estimate of drug-likeness (QED) is 0.685. The number of hydrogen-bond donors (Lipinski definition) is 1. The number of ether oxygens (including phenoxy) is 3. The molecule has 0 aromatic heterocycles. The minimum absolute atomic E-state index is 0.0883. The van der Waals surface area contributed by atoms with Crippen LogP contribution in [0.5, 0.6) is 5.75 Å². The molecule has 0 aliphatic carbocycles. The van der Waals surface area contributed by atoms with Crippen molar-refractivity contribution in [3.8, 4) is 5.75 Å². The molecule has 140 valence electrons. The first-order valence-electron chi connectivity index (χ1n) is 8.53. The van der Waals surface area contributed by atoms with Gasteiger partial charge in [-0.25, -0.2) is 4.79 Å². The molecule has 6 heteroatoms. The number of anilines is 1. The SMILES string of the molecule is CCCCC(C)(OC)C(=O)Nc1ccc(OC(C)C)c(C(=O)OC)c1. The van der Waals surface area contributed by atoms with E-state index in [0.717, 1.165) is 12.8 Å². The maximum atomic E-state index is 12.6. The number of esters is 1. The van der Waals surface area contributed by atoms with Gasteiger partial charge in [-0.2, -0.15) is 0 Å². The van der Waals surface area contributed by atoms with Crippen LogP contribution in [0.3, 0.4) is 0 Å². The number of rotatable bonds is 9. The fraction of sp³-hybridized carbons (Fsp3) is 0.579. The minimum atomic E-state index is -0.922. The average molecular weight is 351 g/mol. The van der Waals surface area contributed by atoms with Gasteiger partial charge in [0.05, 0.1) is 13.2 Å². The molecule has 0 heterocycles. The van der Waals surface area contributed by atoms with Crippen molar-refractivity contribution in [2.24, 2.45) is 0 Å². The van der Waals surface area contributed by atoms with Crippen LogP contribution in [-0.2, 0) is 14.3 Å². The van der Waals surface area contributed by atoms with Gasteiger partial charge in [-0.05, 0) is 45.4 Å². The monoisotopic (exact) mass is 351 g/mol. The zero-order valence-corrected chi connectivity index (χ0v) is 16.0. The molecule has 1 amide bonds. The number of carbonyl (C=O) groups excluding carboxylic acids is 2. The molecule has 1 unspecified atom stereocenters. The summed E-state index contributed by atoms with van der Waals surface area (Å²) in [6.45, 7) is 7.56. The summed E-state index contributed by atoms with van der Waals surface area (Å²) in [4.78, 5) is 24.6. The molecule has 0 bridgehead atoms. The largest absolute Gasteiger partial charge is 0.490 e. The lowest BCUT2D eigenvalue weighted by Gasteiger charge is -2.27. The normalized spacial score (nSPS) is 13.2. The summed E-state index contributed by atoms with van der Waals surface area (Å²) in [5.41, 5.74) is -0.169. The predicted molar refractivity (Wildman–Crippen MR) is 97.1 cm³/mol. The fourth-order valence-electron chi connectivity index (χ4n) is 2.32. The number of hydrogen-bond acceptors (Lipinski definition) is 5. The minimum Gasteiger partial charge on any atom is -0.490 e. The van der Waals surface area contributed by atoms with E-state index >= 15 is 0 Å². The van der Waals surface area contributed by atoms with E-state index in [-0.39, 0.29) is 17.6 Å². The van der Waals surface area contributed by atoms with Gasteiger partial charge in [-0.15, -0.1) is 0 Å². The van der Waals surface area contributed by atoms with Gasteiger partial charge < -0.3 is 19.5 Å². The Bertz CT molecular complexity index is 599. The third kappa shape index (κ3) is 5.74. The van der Waals surface area contributed by atoms with Crippen LogP contribution in [0.2, 0.25) is 0 Å². The number of benzene rings is 1. The third-order valence-corrected chi connectivity index (χ3v) is 3.94. The number of methoxy groups -OCH3 is 2. The second-order valence-electron chi connectivity index (χ2n) is 6.36. The van der Waals surface area contributed by atoms with Crippen molar-refractivity contribution >= 4 is 17.6 Å². The Kier molecular flexibility index (Phi) is 7.90. The summed E-state index contributed by atoms with van der Waals surface area (Å²) in [7, 11) is 2.83. The topological polar surface area (TPSA) is 73.9 Å². The molecule has 0 aliphatic rings. The number of amides is 1. The lowest BCUT2D eigenvalue weighted by Crippen LogP contribution is -2.42. The van der Waals surface area contributed by atoms with Crippen molar-refractivity contribution in [1.29, 1.82) is 0 Å². The van der Waals surface area contributed by atoms with Gasteiger partial charge in [-0.1, -0.05) is 19.8 Å². The average Bonchev–Trinajstić information content (AvgIpc) is 2.59. The van der Waals surface area contributed by atoms with E-state index in [9.17, 15) is 9.59 Å². The van der Waals surface area contributed by atoms with Crippen LogP contribution in [0.4, 0.5) is 5.69 Å². The zero-order chi connectivity index (χ0) is 19.0. The lowest BCUT2D eigenvalue weighted by atomic mass is 9.97. The Morgan fingerprint density at radius 2 is 1.92 bits per heavy atom. The Balaban J connectivity index is 3.05. The van der Waals surface area contributed by atoms with Gasteiger partial charge >= 0.3 is 5.97 Å². The van der Waals surface area contributed by atoms with Crippen molar-refractivity contribution in [1.82, 2.24) is 0 Å². The molecule has 1 N–H and O–H groups in total. The van der Waals surface area contributed by atoms with Crippen molar-refractivity contribution in [3.63, 3.8) is 0 Å². The molecule has 6 nitrogen and oxygen atoms in total. The van der Waals surface area contributed by atoms with Gasteiger partial charge in [0, 0.05) is 12.8 Å². The summed E-state index contributed by atoms with van der Waals surface area (Å²) in [6.07, 6.45) is 2.38. The van der Waals surface area contributed by atoms with Crippen LogP contribution >= 0.6 is 0 Å². The summed E-state index contributed by atoms with van der Waals surface area (Å²) in [6, 6.07) is 4.90. The fourth-order valence-corrected chi connectivity index (χ4v) is 2.32. The highest BCUT2D eigenvalue weighted by Gasteiger charge is 2.32. The molecule has 1 aromatic rings. The second-order valence-corrected chi connectivity index (χ2v) is 6.36. The van der Waals surface area contributed by atoms with E-state index < -0.39 is 11.6 Å². The molecule has 1 atom stereocenters. The first-order valence-corrected chi connectivity index (χ1v) is 8.53. The summed E-state index contributed by atoms with van der Waals surface area (Å²) in [5, 5.41) is 2.81. The Hall–Kier alpha value is -2.08. The highest BCUT2D eigenvalue weighted by molar-refractivity contribution is 5.99. The van der Waals surface area contributed by atoms with E-state index in [0.29, 0.717) is 17.9 Å². The molecule has 0 spiro atoms. The number of carbonyl (C=O) groups is 2. The van der Waals surface area contributed by atoms with Crippen LogP contribution in [0.25, 0.3) is 0 Å². The van der Waals surface area contributed by atoms with E-state index in [1.807, 2.05) is 13.8 Å². The summed E-state index contributed by atoms with van der Waals surface area (Å²) in [5.74, 6) is -0.357. The maximum absolute atomic E-state index is 12.6. The molecular weight excluding hydrogens is 322 g/mol. The third-order valence-electron chi connectivity index (χ3n) is 3.94. The van der Waals surface area contributed by atoms with Gasteiger partial charge in [0.15, 0.2) is 0 Å². The summed E-state index contributed by atoms with van der Waals surface area (Å²) < 4.78 is 15.9. The molecule has 0 aliphatic heterocycles. The highest BCUT2D eigenvalue weighted by atomic mass is 16.5. The molecule has 1 aromatic carbocycles. The highest BCUT2D eigenvalue weighted by Crippen LogP contribution is 2.26. The van der Waals surface area contributed by atoms with E-state index in [2.05, 4.69) is 12.2 Å². The molecule has 1 rings (SSSR count).